The van der Waals surface area contributed by atoms with Gasteiger partial charge < -0.3 is 14.8 Å². The van der Waals surface area contributed by atoms with Gasteiger partial charge >= 0.3 is 11.9 Å². The highest BCUT2D eigenvalue weighted by Gasteiger charge is 2.19. The van der Waals surface area contributed by atoms with Crippen LogP contribution in [0.5, 0.6) is 0 Å². The number of ether oxygens (including phenoxy) is 2. The van der Waals surface area contributed by atoms with Gasteiger partial charge in [-0.25, -0.2) is 22.3 Å². The Morgan fingerprint density at radius 2 is 1.59 bits per heavy atom. The minimum Gasteiger partial charge on any atom is -0.462 e. The standard InChI is InChI=1S/C22H26N2O7S/c1-4-5-13-30-21(26)16-9-11-18(12-10-16)23-20(25)15-31-22(27)17-7-6-8-19(14-17)32(28,29)24(2)3/h6-12,14H,4-5,13,15H2,1-3H3,(H,23,25). The van der Waals surface area contributed by atoms with Crippen molar-refractivity contribution in [1.29, 1.82) is 0 Å². The molecule has 0 saturated heterocycles. The van der Waals surface area contributed by atoms with Crippen molar-refractivity contribution in [2.24, 2.45) is 0 Å². The predicted octanol–water partition coefficient (Wildman–Crippen LogP) is 2.69. The van der Waals surface area contributed by atoms with Gasteiger partial charge in [-0.1, -0.05) is 19.4 Å². The summed E-state index contributed by atoms with van der Waals surface area (Å²) in [6.45, 7) is 1.78. The van der Waals surface area contributed by atoms with Crippen molar-refractivity contribution in [3.8, 4) is 0 Å². The maximum Gasteiger partial charge on any atom is 0.338 e. The number of carbonyl (C=O) groups is 3. The van der Waals surface area contributed by atoms with Crippen LogP contribution in [0.1, 0.15) is 40.5 Å². The summed E-state index contributed by atoms with van der Waals surface area (Å²) in [5.74, 6) is -1.86. The second-order valence-electron chi connectivity index (χ2n) is 7.01. The molecule has 2 aromatic rings. The van der Waals surface area contributed by atoms with Crippen LogP contribution in [-0.4, -0.2) is 57.9 Å². The summed E-state index contributed by atoms with van der Waals surface area (Å²) < 4.78 is 35.5. The van der Waals surface area contributed by atoms with Crippen molar-refractivity contribution in [2.75, 3.05) is 32.6 Å². The fourth-order valence-corrected chi connectivity index (χ4v) is 3.44. The van der Waals surface area contributed by atoms with Crippen LogP contribution < -0.4 is 5.32 Å². The Kier molecular flexibility index (Phi) is 8.91. The molecule has 0 bridgehead atoms. The fraction of sp³-hybridized carbons (Fsp3) is 0.318. The zero-order valence-electron chi connectivity index (χ0n) is 18.2. The van der Waals surface area contributed by atoms with Gasteiger partial charge in [0.05, 0.1) is 22.6 Å². The minimum atomic E-state index is -3.71. The number of amides is 1. The number of sulfonamides is 1. The first-order chi connectivity index (χ1) is 15.1. The van der Waals surface area contributed by atoms with E-state index in [4.69, 9.17) is 9.47 Å². The van der Waals surface area contributed by atoms with Gasteiger partial charge in [0.1, 0.15) is 0 Å². The van der Waals surface area contributed by atoms with Crippen molar-refractivity contribution < 1.29 is 32.3 Å². The average Bonchev–Trinajstić information content (AvgIpc) is 2.78. The molecule has 0 aliphatic carbocycles. The number of esters is 2. The van der Waals surface area contributed by atoms with Gasteiger partial charge in [0.2, 0.25) is 10.0 Å². The number of anilines is 1. The van der Waals surface area contributed by atoms with Crippen LogP contribution in [0, 0.1) is 0 Å². The Hall–Kier alpha value is -3.24. The molecule has 0 heterocycles. The molecule has 0 aliphatic heterocycles. The summed E-state index contributed by atoms with van der Waals surface area (Å²) in [6, 6.07) is 11.5. The largest absolute Gasteiger partial charge is 0.462 e. The molecule has 1 N–H and O–H groups in total. The second-order valence-corrected chi connectivity index (χ2v) is 9.16. The SMILES string of the molecule is CCCCOC(=O)c1ccc(NC(=O)COC(=O)c2cccc(S(=O)(=O)N(C)C)c2)cc1. The highest BCUT2D eigenvalue weighted by Crippen LogP contribution is 2.16. The lowest BCUT2D eigenvalue weighted by Crippen LogP contribution is -2.23. The molecule has 0 unspecified atom stereocenters. The van der Waals surface area contributed by atoms with Gasteiger partial charge in [-0.3, -0.25) is 4.79 Å². The molecular formula is C22H26N2O7S. The lowest BCUT2D eigenvalue weighted by Gasteiger charge is -2.12. The summed E-state index contributed by atoms with van der Waals surface area (Å²) >= 11 is 0. The van der Waals surface area contributed by atoms with Crippen LogP contribution in [-0.2, 0) is 24.3 Å². The first-order valence-corrected chi connectivity index (χ1v) is 11.4. The molecule has 0 spiro atoms. The van der Waals surface area contributed by atoms with Crippen molar-refractivity contribution >= 4 is 33.6 Å². The summed E-state index contributed by atoms with van der Waals surface area (Å²) in [7, 11) is -0.945. The Balaban J connectivity index is 1.90. The quantitative estimate of drug-likeness (QED) is 0.426. The first kappa shape index (κ1) is 25.0. The van der Waals surface area contributed by atoms with E-state index in [1.54, 1.807) is 0 Å². The highest BCUT2D eigenvalue weighted by molar-refractivity contribution is 7.89. The molecule has 1 amide bonds. The molecule has 0 radical (unpaired) electrons. The molecule has 0 atom stereocenters. The number of hydrogen-bond donors (Lipinski definition) is 1. The second kappa shape index (κ2) is 11.4. The number of benzene rings is 2. The van der Waals surface area contributed by atoms with Crippen LogP contribution in [0.3, 0.4) is 0 Å². The number of carbonyl (C=O) groups excluding carboxylic acids is 3. The van der Waals surface area contributed by atoms with E-state index < -0.39 is 34.5 Å². The Morgan fingerprint density at radius 3 is 2.22 bits per heavy atom. The van der Waals surface area contributed by atoms with Crippen LogP contribution in [0.2, 0.25) is 0 Å². The van der Waals surface area contributed by atoms with E-state index in [0.717, 1.165) is 17.1 Å². The third-order valence-corrected chi connectivity index (χ3v) is 6.13. The normalized spacial score (nSPS) is 11.1. The number of rotatable bonds is 10. The number of unbranched alkanes of at least 4 members (excludes halogenated alkanes) is 1. The lowest BCUT2D eigenvalue weighted by molar-refractivity contribution is -0.119. The average molecular weight is 463 g/mol. The van der Waals surface area contributed by atoms with E-state index in [0.29, 0.717) is 17.9 Å². The smallest absolute Gasteiger partial charge is 0.338 e. The molecule has 2 rings (SSSR count). The Labute approximate surface area is 187 Å². The monoisotopic (exact) mass is 462 g/mol. The number of nitrogens with one attached hydrogen (secondary N) is 1. The maximum atomic E-state index is 12.2. The van der Waals surface area contributed by atoms with Gasteiger partial charge in [0.15, 0.2) is 6.61 Å². The third kappa shape index (κ3) is 6.89. The van der Waals surface area contributed by atoms with Gasteiger partial charge in [-0.2, -0.15) is 0 Å². The molecule has 0 aromatic heterocycles. The lowest BCUT2D eigenvalue weighted by atomic mass is 10.2. The zero-order chi connectivity index (χ0) is 23.7. The first-order valence-electron chi connectivity index (χ1n) is 9.92. The van der Waals surface area contributed by atoms with Crippen LogP contribution >= 0.6 is 0 Å². The molecule has 2 aromatic carbocycles. The molecular weight excluding hydrogens is 436 g/mol. The van der Waals surface area contributed by atoms with Crippen molar-refractivity contribution in [3.05, 3.63) is 59.7 Å². The molecule has 10 heteroatoms. The van der Waals surface area contributed by atoms with Crippen LogP contribution in [0.15, 0.2) is 53.4 Å². The summed E-state index contributed by atoms with van der Waals surface area (Å²) in [5, 5.41) is 2.55. The number of nitrogens with zero attached hydrogens (tertiary/aromatic N) is 1. The van der Waals surface area contributed by atoms with E-state index in [1.165, 1.54) is 62.6 Å². The minimum absolute atomic E-state index is 0.00617. The molecule has 9 nitrogen and oxygen atoms in total. The molecule has 32 heavy (non-hydrogen) atoms. The maximum absolute atomic E-state index is 12.2. The van der Waals surface area contributed by atoms with Gasteiger partial charge in [-0.15, -0.1) is 0 Å². The number of hydrogen-bond acceptors (Lipinski definition) is 7. The van der Waals surface area contributed by atoms with E-state index in [9.17, 15) is 22.8 Å². The Bertz CT molecular complexity index is 1060. The van der Waals surface area contributed by atoms with Crippen LogP contribution in [0.25, 0.3) is 0 Å². The van der Waals surface area contributed by atoms with Crippen LogP contribution in [0.4, 0.5) is 5.69 Å². The van der Waals surface area contributed by atoms with Gasteiger partial charge in [0.25, 0.3) is 5.91 Å². The van der Waals surface area contributed by atoms with Gasteiger partial charge in [0, 0.05) is 19.8 Å². The summed E-state index contributed by atoms with van der Waals surface area (Å²) in [6.07, 6.45) is 1.71. The molecule has 0 aliphatic rings. The fourth-order valence-electron chi connectivity index (χ4n) is 2.49. The van der Waals surface area contributed by atoms with Crippen molar-refractivity contribution in [2.45, 2.75) is 24.7 Å². The zero-order valence-corrected chi connectivity index (χ0v) is 19.0. The van der Waals surface area contributed by atoms with Crippen molar-refractivity contribution in [1.82, 2.24) is 4.31 Å². The van der Waals surface area contributed by atoms with E-state index in [2.05, 4.69) is 5.32 Å². The third-order valence-electron chi connectivity index (χ3n) is 4.32. The van der Waals surface area contributed by atoms with Gasteiger partial charge in [-0.05, 0) is 48.9 Å². The summed E-state index contributed by atoms with van der Waals surface area (Å²) in [5.41, 5.74) is 0.778. The highest BCUT2D eigenvalue weighted by atomic mass is 32.2. The summed E-state index contributed by atoms with van der Waals surface area (Å²) in [4.78, 5) is 36.1. The topological polar surface area (TPSA) is 119 Å². The predicted molar refractivity (Wildman–Crippen MR) is 118 cm³/mol. The van der Waals surface area contributed by atoms with Crippen molar-refractivity contribution in [3.63, 3.8) is 0 Å². The molecule has 172 valence electrons. The Morgan fingerprint density at radius 1 is 0.938 bits per heavy atom. The van der Waals surface area contributed by atoms with E-state index in [1.807, 2.05) is 6.92 Å². The van der Waals surface area contributed by atoms with E-state index in [-0.39, 0.29) is 10.5 Å². The van der Waals surface area contributed by atoms with E-state index >= 15 is 0 Å². The molecule has 0 fully saturated rings. The molecule has 0 saturated carbocycles.